The molecule has 1 saturated heterocycles. The number of carbonyl (C=O) groups is 1. The van der Waals surface area contributed by atoms with Gasteiger partial charge in [-0.3, -0.25) is 14.2 Å². The first-order valence-electron chi connectivity index (χ1n) is 8.68. The number of hydrogen-bond acceptors (Lipinski definition) is 4. The molecule has 0 radical (unpaired) electrons. The Kier molecular flexibility index (Phi) is 4.21. The zero-order valence-corrected chi connectivity index (χ0v) is 14.9. The maximum Gasteiger partial charge on any atom is 0.261 e. The highest BCUT2D eigenvalue weighted by Crippen LogP contribution is 2.38. The van der Waals surface area contributed by atoms with Gasteiger partial charge in [-0.25, -0.2) is 0 Å². The maximum absolute atomic E-state index is 12.6. The van der Waals surface area contributed by atoms with Gasteiger partial charge >= 0.3 is 0 Å². The molecule has 1 saturated carbocycles. The Morgan fingerprint density at radius 3 is 2.92 bits per heavy atom. The van der Waals surface area contributed by atoms with Crippen LogP contribution in [0, 0.1) is 10.7 Å². The summed E-state index contributed by atoms with van der Waals surface area (Å²) in [5.41, 5.74) is 0.951. The van der Waals surface area contributed by atoms with Crippen molar-refractivity contribution in [2.75, 3.05) is 6.61 Å². The van der Waals surface area contributed by atoms with E-state index in [0.717, 1.165) is 12.8 Å². The highest BCUT2D eigenvalue weighted by atomic mass is 32.1. The van der Waals surface area contributed by atoms with E-state index in [2.05, 4.69) is 10.3 Å². The number of benzene rings is 1. The molecule has 1 aliphatic heterocycles. The number of fused-ring (bicyclic) bond motifs is 1. The minimum absolute atomic E-state index is 0.122. The first kappa shape index (κ1) is 16.5. The molecule has 25 heavy (non-hydrogen) atoms. The molecule has 0 spiro atoms. The number of nitrogens with one attached hydrogen (secondary N) is 2. The van der Waals surface area contributed by atoms with Crippen molar-refractivity contribution in [3.8, 4) is 0 Å². The summed E-state index contributed by atoms with van der Waals surface area (Å²) in [5, 5.41) is 3.63. The zero-order chi connectivity index (χ0) is 17.6. The lowest BCUT2D eigenvalue weighted by Gasteiger charge is -2.30. The smallest absolute Gasteiger partial charge is 0.261 e. The number of aromatic nitrogens is 2. The summed E-state index contributed by atoms with van der Waals surface area (Å²) in [5.74, 6) is 0.556. The van der Waals surface area contributed by atoms with Crippen LogP contribution in [-0.4, -0.2) is 34.2 Å². The van der Waals surface area contributed by atoms with Gasteiger partial charge in [0.1, 0.15) is 0 Å². The summed E-state index contributed by atoms with van der Waals surface area (Å²) < 4.78 is 7.54. The van der Waals surface area contributed by atoms with Gasteiger partial charge in [0.05, 0.1) is 17.0 Å². The lowest BCUT2D eigenvalue weighted by Crippen LogP contribution is -2.42. The number of rotatable bonds is 3. The Hall–Kier alpha value is -1.99. The lowest BCUT2D eigenvalue weighted by atomic mass is 9.99. The van der Waals surface area contributed by atoms with E-state index >= 15 is 0 Å². The van der Waals surface area contributed by atoms with Crippen molar-refractivity contribution in [2.45, 2.75) is 37.8 Å². The van der Waals surface area contributed by atoms with E-state index < -0.39 is 0 Å². The van der Waals surface area contributed by atoms with Crippen molar-refractivity contribution in [3.05, 3.63) is 38.9 Å². The van der Waals surface area contributed by atoms with Crippen LogP contribution in [0.15, 0.2) is 23.0 Å². The van der Waals surface area contributed by atoms with Gasteiger partial charge in [-0.15, -0.1) is 0 Å². The number of ether oxygens (including phenoxy) is 1. The summed E-state index contributed by atoms with van der Waals surface area (Å²) in [6.45, 7) is 0.701. The highest BCUT2D eigenvalue weighted by molar-refractivity contribution is 7.71. The predicted molar refractivity (Wildman–Crippen MR) is 97.3 cm³/mol. The maximum atomic E-state index is 12.6. The number of H-pyrrole nitrogens is 1. The monoisotopic (exact) mass is 359 g/mol. The van der Waals surface area contributed by atoms with Gasteiger partial charge in [-0.1, -0.05) is 0 Å². The number of hydrogen-bond donors (Lipinski definition) is 2. The van der Waals surface area contributed by atoms with Gasteiger partial charge in [-0.05, 0) is 62.0 Å². The Labute approximate surface area is 150 Å². The molecule has 1 aromatic carbocycles. The van der Waals surface area contributed by atoms with Crippen LogP contribution >= 0.6 is 12.2 Å². The third-order valence-electron chi connectivity index (χ3n) is 5.16. The number of carbonyl (C=O) groups excluding carboxylic acids is 1. The molecule has 2 N–H and O–H groups in total. The minimum atomic E-state index is -0.164. The van der Waals surface area contributed by atoms with Crippen LogP contribution < -0.4 is 10.9 Å². The molecule has 0 unspecified atom stereocenters. The van der Waals surface area contributed by atoms with E-state index in [0.29, 0.717) is 33.8 Å². The second kappa shape index (κ2) is 6.38. The van der Waals surface area contributed by atoms with Gasteiger partial charge in [0.2, 0.25) is 0 Å². The van der Waals surface area contributed by atoms with Crippen molar-refractivity contribution in [3.63, 3.8) is 0 Å². The molecule has 7 heteroatoms. The van der Waals surface area contributed by atoms with Crippen LogP contribution in [0.5, 0.6) is 0 Å². The molecule has 2 fully saturated rings. The second-order valence-corrected chi connectivity index (χ2v) is 7.38. The van der Waals surface area contributed by atoms with Crippen molar-refractivity contribution >= 4 is 29.0 Å². The fourth-order valence-corrected chi connectivity index (χ4v) is 3.66. The highest BCUT2D eigenvalue weighted by Gasteiger charge is 2.36. The standard InChI is InChI=1S/C18H21N3O3S/c1-21-17(23)13-5-4-11(8-14(13)20-18(21)25)16(22)19-12-6-7-24-15(9-12)10-2-3-10/h4-5,8,10,12,15H,2-3,6-7,9H2,1H3,(H,19,22)(H,20,25)/t12-,15-/m0/s1. The minimum Gasteiger partial charge on any atom is -0.378 e. The average Bonchev–Trinajstić information content (AvgIpc) is 3.45. The van der Waals surface area contributed by atoms with Gasteiger partial charge < -0.3 is 15.0 Å². The molecule has 1 aromatic heterocycles. The fraction of sp³-hybridized carbons (Fsp3) is 0.500. The summed E-state index contributed by atoms with van der Waals surface area (Å²) in [6, 6.07) is 5.20. The van der Waals surface area contributed by atoms with Crippen LogP contribution in [0.4, 0.5) is 0 Å². The largest absolute Gasteiger partial charge is 0.378 e. The van der Waals surface area contributed by atoms with E-state index in [-0.39, 0.29) is 23.6 Å². The van der Waals surface area contributed by atoms with Gasteiger partial charge in [0.15, 0.2) is 4.77 Å². The van der Waals surface area contributed by atoms with Gasteiger partial charge in [0.25, 0.3) is 11.5 Å². The van der Waals surface area contributed by atoms with Gasteiger partial charge in [0, 0.05) is 25.3 Å². The van der Waals surface area contributed by atoms with Crippen molar-refractivity contribution in [2.24, 2.45) is 13.0 Å². The van der Waals surface area contributed by atoms with E-state index in [1.54, 1.807) is 25.2 Å². The summed E-state index contributed by atoms with van der Waals surface area (Å²) in [4.78, 5) is 27.8. The van der Waals surface area contributed by atoms with Crippen LogP contribution in [0.1, 0.15) is 36.0 Å². The first-order chi connectivity index (χ1) is 12.0. The van der Waals surface area contributed by atoms with Crippen molar-refractivity contribution in [1.29, 1.82) is 0 Å². The van der Waals surface area contributed by atoms with E-state index in [1.165, 1.54) is 17.4 Å². The molecule has 0 bridgehead atoms. The second-order valence-electron chi connectivity index (χ2n) is 7.00. The molecular weight excluding hydrogens is 338 g/mol. The summed E-state index contributed by atoms with van der Waals surface area (Å²) in [7, 11) is 1.63. The fourth-order valence-electron chi connectivity index (χ4n) is 3.47. The van der Waals surface area contributed by atoms with E-state index in [4.69, 9.17) is 17.0 Å². The van der Waals surface area contributed by atoms with Crippen LogP contribution in [0.2, 0.25) is 0 Å². The Bertz CT molecular complexity index is 945. The molecule has 1 aliphatic carbocycles. The number of aromatic amines is 1. The number of amides is 1. The number of nitrogens with zero attached hydrogens (tertiary/aromatic N) is 1. The molecule has 2 aromatic rings. The molecule has 1 amide bonds. The summed E-state index contributed by atoms with van der Waals surface area (Å²) >= 11 is 5.14. The normalized spacial score (nSPS) is 23.6. The first-order valence-corrected chi connectivity index (χ1v) is 9.09. The predicted octanol–water partition coefficient (Wildman–Crippen LogP) is 2.28. The third kappa shape index (κ3) is 3.26. The SMILES string of the molecule is Cn1c(=S)[nH]c2cc(C(=O)N[C@H]3CCO[C@H](C4CC4)C3)ccc2c1=O. The Morgan fingerprint density at radius 1 is 1.36 bits per heavy atom. The molecule has 2 aliphatic rings. The molecule has 132 valence electrons. The van der Waals surface area contributed by atoms with Crippen molar-refractivity contribution < 1.29 is 9.53 Å². The Balaban J connectivity index is 1.54. The van der Waals surface area contributed by atoms with E-state index in [9.17, 15) is 9.59 Å². The third-order valence-corrected chi connectivity index (χ3v) is 5.54. The van der Waals surface area contributed by atoms with Crippen LogP contribution in [0.3, 0.4) is 0 Å². The van der Waals surface area contributed by atoms with Crippen LogP contribution in [0.25, 0.3) is 10.9 Å². The lowest BCUT2D eigenvalue weighted by molar-refractivity contribution is -0.0102. The quantitative estimate of drug-likeness (QED) is 0.825. The van der Waals surface area contributed by atoms with Crippen molar-refractivity contribution in [1.82, 2.24) is 14.9 Å². The van der Waals surface area contributed by atoms with Crippen LogP contribution in [-0.2, 0) is 11.8 Å². The van der Waals surface area contributed by atoms with E-state index in [1.807, 2.05) is 0 Å². The molecule has 2 heterocycles. The molecular formula is C18H21N3O3S. The Morgan fingerprint density at radius 2 is 2.16 bits per heavy atom. The topological polar surface area (TPSA) is 76.1 Å². The molecule has 2 atom stereocenters. The zero-order valence-electron chi connectivity index (χ0n) is 14.1. The summed E-state index contributed by atoms with van der Waals surface area (Å²) in [6.07, 6.45) is 4.49. The van der Waals surface area contributed by atoms with Gasteiger partial charge in [-0.2, -0.15) is 0 Å². The molecule has 6 nitrogen and oxygen atoms in total. The molecule has 4 rings (SSSR count). The average molecular weight is 359 g/mol.